The first-order valence-corrected chi connectivity index (χ1v) is 13.3. The highest BCUT2D eigenvalue weighted by molar-refractivity contribution is 8.27. The first kappa shape index (κ1) is 23.5. The summed E-state index contributed by atoms with van der Waals surface area (Å²) < 4.78 is -1.38. The van der Waals surface area contributed by atoms with Crippen LogP contribution in [0.1, 0.15) is 29.2 Å². The number of anilines is 1. The number of thioether (sulfide) groups is 2. The van der Waals surface area contributed by atoms with Crippen molar-refractivity contribution < 1.29 is 9.72 Å². The molecule has 1 atom stereocenters. The second-order valence-corrected chi connectivity index (χ2v) is 11.6. The molecule has 8 heteroatoms. The predicted molar refractivity (Wildman–Crippen MR) is 150 cm³/mol. The van der Waals surface area contributed by atoms with Gasteiger partial charge in [0.15, 0.2) is 15.0 Å². The largest absolute Gasteiger partial charge is 0.292 e. The number of ketones is 1. The summed E-state index contributed by atoms with van der Waals surface area (Å²) in [6, 6.07) is 35.4. The molecule has 0 aromatic heterocycles. The highest BCUT2D eigenvalue weighted by Crippen LogP contribution is 2.70. The number of carbonyl (C=O) groups is 1. The third-order valence-electron chi connectivity index (χ3n) is 6.61. The van der Waals surface area contributed by atoms with E-state index in [9.17, 15) is 14.9 Å². The summed E-state index contributed by atoms with van der Waals surface area (Å²) in [4.78, 5) is 23.5. The Labute approximate surface area is 222 Å². The molecule has 0 unspecified atom stereocenters. The molecular weight excluding hydrogens is 502 g/mol. The van der Waals surface area contributed by atoms with E-state index in [0.717, 1.165) is 22.3 Å². The Balaban J connectivity index is 1.62. The second-order valence-electron chi connectivity index (χ2n) is 8.79. The Morgan fingerprint density at radius 1 is 0.811 bits per heavy atom. The Morgan fingerprint density at radius 2 is 1.35 bits per heavy atom. The molecule has 2 heterocycles. The number of benzene rings is 4. The van der Waals surface area contributed by atoms with E-state index < -0.39 is 13.9 Å². The number of nitrogens with zero attached hydrogens (tertiary/aromatic N) is 3. The fourth-order valence-electron chi connectivity index (χ4n) is 4.99. The number of fused-ring (bicyclic) bond motifs is 2. The van der Waals surface area contributed by atoms with Crippen molar-refractivity contribution in [1.29, 1.82) is 0 Å². The molecule has 0 bridgehead atoms. The van der Waals surface area contributed by atoms with E-state index in [4.69, 9.17) is 5.10 Å². The lowest BCUT2D eigenvalue weighted by Crippen LogP contribution is -2.34. The fourth-order valence-corrected chi connectivity index (χ4v) is 8.55. The van der Waals surface area contributed by atoms with Crippen LogP contribution in [0, 0.1) is 10.1 Å². The van der Waals surface area contributed by atoms with E-state index in [-0.39, 0.29) is 11.5 Å². The summed E-state index contributed by atoms with van der Waals surface area (Å²) in [6.45, 7) is 1.52. The van der Waals surface area contributed by atoms with Crippen molar-refractivity contribution in [2.45, 2.75) is 15.9 Å². The Hall–Kier alpha value is -3.88. The number of non-ortho nitro benzene ring substituents is 1. The molecule has 0 amide bonds. The number of hydrogen-bond acceptors (Lipinski definition) is 7. The van der Waals surface area contributed by atoms with Crippen molar-refractivity contribution >= 4 is 45.7 Å². The van der Waals surface area contributed by atoms with E-state index in [2.05, 4.69) is 36.4 Å². The molecule has 0 saturated heterocycles. The molecule has 0 saturated carbocycles. The third-order valence-corrected chi connectivity index (χ3v) is 10.0. The number of hydrazone groups is 1. The molecule has 1 spiro atoms. The Morgan fingerprint density at radius 3 is 1.89 bits per heavy atom. The van der Waals surface area contributed by atoms with Crippen molar-refractivity contribution in [3.63, 3.8) is 0 Å². The molecule has 0 fully saturated rings. The maximum Gasteiger partial charge on any atom is 0.269 e. The van der Waals surface area contributed by atoms with Crippen molar-refractivity contribution in [3.8, 4) is 0 Å². The maximum atomic E-state index is 12.6. The minimum absolute atomic E-state index is 0.00261. The molecule has 0 aliphatic carbocycles. The molecule has 2 aliphatic rings. The number of rotatable bonds is 5. The highest BCUT2D eigenvalue weighted by Gasteiger charge is 2.61. The lowest BCUT2D eigenvalue weighted by atomic mass is 9.82. The van der Waals surface area contributed by atoms with Crippen LogP contribution in [0.15, 0.2) is 114 Å². The highest BCUT2D eigenvalue weighted by atomic mass is 32.2. The number of hydrogen-bond donors (Lipinski definition) is 0. The van der Waals surface area contributed by atoms with Crippen LogP contribution in [-0.4, -0.2) is 15.8 Å². The number of carbonyl (C=O) groups excluding carboxylic acids is 1. The van der Waals surface area contributed by atoms with Crippen LogP contribution in [0.25, 0.3) is 0 Å². The van der Waals surface area contributed by atoms with E-state index in [1.54, 1.807) is 23.9 Å². The van der Waals surface area contributed by atoms with Gasteiger partial charge in [-0.05, 0) is 28.8 Å². The summed E-state index contributed by atoms with van der Waals surface area (Å²) in [5.74, 6) is -0.121. The van der Waals surface area contributed by atoms with Crippen molar-refractivity contribution in [2.24, 2.45) is 5.10 Å². The van der Waals surface area contributed by atoms with E-state index in [0.29, 0.717) is 10.7 Å². The number of nitro groups is 1. The molecule has 4 aromatic rings. The molecule has 182 valence electrons. The average molecular weight is 524 g/mol. The third kappa shape index (κ3) is 3.59. The molecule has 0 radical (unpaired) electrons. The first-order valence-electron chi connectivity index (χ1n) is 11.7. The van der Waals surface area contributed by atoms with Crippen LogP contribution in [0.4, 0.5) is 11.4 Å². The standard InChI is InChI=1S/C29H21N3O3S2/c1-20(33)27-30-31(23-16-18-24(19-17-23)32(34)35)29(36-27)26-15-9-8-14-25(26)28(37-29,21-10-4-2-5-11-21)22-12-6-3-7-13-22/h2-19H,1H3/t29-/m1/s1. The molecule has 2 aliphatic heterocycles. The van der Waals surface area contributed by atoms with E-state index in [1.165, 1.54) is 30.8 Å². The number of Topliss-reactive ketones (excluding diaryl/α,β-unsaturated/α-hetero) is 1. The first-order chi connectivity index (χ1) is 18.0. The van der Waals surface area contributed by atoms with E-state index >= 15 is 0 Å². The van der Waals surface area contributed by atoms with E-state index in [1.807, 2.05) is 53.5 Å². The van der Waals surface area contributed by atoms with Crippen LogP contribution >= 0.6 is 23.5 Å². The van der Waals surface area contributed by atoms with Gasteiger partial charge in [0.1, 0.15) is 0 Å². The lowest BCUT2D eigenvalue weighted by molar-refractivity contribution is -0.384. The summed E-state index contributed by atoms with van der Waals surface area (Å²) in [6.07, 6.45) is 0. The Bertz CT molecular complexity index is 1500. The monoisotopic (exact) mass is 523 g/mol. The molecule has 0 N–H and O–H groups in total. The summed E-state index contributed by atoms with van der Waals surface area (Å²) in [5.41, 5.74) is 5.08. The van der Waals surface area contributed by atoms with Gasteiger partial charge in [-0.3, -0.25) is 14.9 Å². The van der Waals surface area contributed by atoms with Crippen LogP contribution in [0.3, 0.4) is 0 Å². The summed E-state index contributed by atoms with van der Waals surface area (Å²) in [7, 11) is 0. The molecular formula is C29H21N3O3S2. The van der Waals surface area contributed by atoms with Crippen LogP contribution in [0.5, 0.6) is 0 Å². The predicted octanol–water partition coefficient (Wildman–Crippen LogP) is 6.90. The van der Waals surface area contributed by atoms with Crippen molar-refractivity contribution in [2.75, 3.05) is 5.01 Å². The van der Waals surface area contributed by atoms with Gasteiger partial charge < -0.3 is 0 Å². The van der Waals surface area contributed by atoms with Gasteiger partial charge in [0.2, 0.25) is 0 Å². The topological polar surface area (TPSA) is 75.8 Å². The molecule has 6 nitrogen and oxygen atoms in total. The van der Waals surface area contributed by atoms with Gasteiger partial charge in [-0.1, -0.05) is 108 Å². The van der Waals surface area contributed by atoms with Crippen LogP contribution in [-0.2, 0) is 13.7 Å². The van der Waals surface area contributed by atoms with Gasteiger partial charge in [0.25, 0.3) is 5.69 Å². The van der Waals surface area contributed by atoms with Crippen molar-refractivity contribution in [3.05, 3.63) is 142 Å². The zero-order chi connectivity index (χ0) is 25.6. The zero-order valence-electron chi connectivity index (χ0n) is 19.8. The quantitative estimate of drug-likeness (QED) is 0.209. The number of nitro benzene ring substituents is 1. The minimum Gasteiger partial charge on any atom is -0.292 e. The van der Waals surface area contributed by atoms with Gasteiger partial charge >= 0.3 is 0 Å². The van der Waals surface area contributed by atoms with Crippen LogP contribution in [0.2, 0.25) is 0 Å². The summed E-state index contributed by atoms with van der Waals surface area (Å²) in [5, 5.41) is 18.3. The zero-order valence-corrected chi connectivity index (χ0v) is 21.4. The van der Waals surface area contributed by atoms with Gasteiger partial charge in [0.05, 0.1) is 15.4 Å². The minimum atomic E-state index is -0.806. The van der Waals surface area contributed by atoms with Gasteiger partial charge in [0, 0.05) is 24.6 Å². The van der Waals surface area contributed by atoms with Crippen molar-refractivity contribution in [1.82, 2.24) is 0 Å². The second kappa shape index (κ2) is 8.90. The maximum absolute atomic E-state index is 12.6. The van der Waals surface area contributed by atoms with Gasteiger partial charge in [-0.2, -0.15) is 5.10 Å². The molecule has 6 rings (SSSR count). The average Bonchev–Trinajstić information content (AvgIpc) is 3.47. The summed E-state index contributed by atoms with van der Waals surface area (Å²) >= 11 is 3.16. The Kier molecular flexibility index (Phi) is 5.66. The fraction of sp³-hybridized carbons (Fsp3) is 0.103. The lowest BCUT2D eigenvalue weighted by Gasteiger charge is -2.37. The van der Waals surface area contributed by atoms with Gasteiger partial charge in [-0.15, -0.1) is 0 Å². The SMILES string of the molecule is CC(=O)C1=NN(c2ccc([N+](=O)[O-])cc2)[C@]2(S1)SC(c1ccccc1)(c1ccccc1)c1ccccc12. The van der Waals surface area contributed by atoms with Gasteiger partial charge in [-0.25, -0.2) is 5.01 Å². The molecule has 37 heavy (non-hydrogen) atoms. The molecule has 4 aromatic carbocycles. The normalized spacial score (nSPS) is 19.5. The smallest absolute Gasteiger partial charge is 0.269 e. The van der Waals surface area contributed by atoms with Crippen LogP contribution < -0.4 is 5.01 Å².